The topological polar surface area (TPSA) is 50.8 Å². The van der Waals surface area contributed by atoms with Gasteiger partial charge < -0.3 is 14.8 Å². The van der Waals surface area contributed by atoms with Crippen molar-refractivity contribution in [1.82, 2.24) is 10.2 Å². The quantitative estimate of drug-likeness (QED) is 0.738. The summed E-state index contributed by atoms with van der Waals surface area (Å²) >= 11 is 0. The number of likely N-dealkylation sites (N-methyl/N-ethyl adjacent to an activating group) is 1. The second-order valence-electron chi connectivity index (χ2n) is 6.31. The Hall–Kier alpha value is -1.89. The number of rotatable bonds is 9. The van der Waals surface area contributed by atoms with Crippen molar-refractivity contribution in [2.45, 2.75) is 51.8 Å². The van der Waals surface area contributed by atoms with E-state index in [4.69, 9.17) is 4.74 Å². The number of ether oxygens (including phenoxy) is 2. The molecule has 1 saturated carbocycles. The van der Waals surface area contributed by atoms with Crippen LogP contribution in [0.5, 0.6) is 11.5 Å². The Morgan fingerprint density at radius 1 is 1.32 bits per heavy atom. The molecule has 2 rings (SSSR count). The summed E-state index contributed by atoms with van der Waals surface area (Å²) in [6, 6.07) is 5.15. The zero-order valence-electron chi connectivity index (χ0n) is 14.8. The lowest BCUT2D eigenvalue weighted by Crippen LogP contribution is -2.39. The highest BCUT2D eigenvalue weighted by Crippen LogP contribution is 2.30. The molecule has 140 valence electrons. The first-order valence-electron chi connectivity index (χ1n) is 8.66. The minimum absolute atomic E-state index is 0.0112. The van der Waals surface area contributed by atoms with Gasteiger partial charge in [0.15, 0.2) is 11.5 Å². The van der Waals surface area contributed by atoms with Crippen molar-refractivity contribution >= 4 is 5.91 Å². The molecule has 0 atom stereocenters. The minimum atomic E-state index is -2.90. The fourth-order valence-corrected chi connectivity index (χ4v) is 3.07. The van der Waals surface area contributed by atoms with Crippen LogP contribution in [0.3, 0.4) is 0 Å². The normalized spacial score (nSPS) is 15.0. The van der Waals surface area contributed by atoms with Crippen LogP contribution in [0.2, 0.25) is 0 Å². The van der Waals surface area contributed by atoms with Crippen LogP contribution in [0.15, 0.2) is 18.2 Å². The van der Waals surface area contributed by atoms with E-state index in [0.717, 1.165) is 18.4 Å². The number of hydrogen-bond donors (Lipinski definition) is 1. The molecule has 0 bridgehead atoms. The standard InChI is InChI=1S/C18H26F2N2O3/c1-3-24-16-10-13(8-9-15(16)25-18(19)20)11-22(2)12-17(23)21-14-6-4-5-7-14/h8-10,14,18H,3-7,11-12H2,1-2H3,(H,21,23). The average molecular weight is 356 g/mol. The number of nitrogens with zero attached hydrogens (tertiary/aromatic N) is 1. The Balaban J connectivity index is 1.91. The van der Waals surface area contributed by atoms with E-state index in [1.807, 2.05) is 11.9 Å². The number of alkyl halides is 2. The van der Waals surface area contributed by atoms with Gasteiger partial charge in [-0.1, -0.05) is 18.9 Å². The lowest BCUT2D eigenvalue weighted by molar-refractivity contribution is -0.122. The zero-order valence-corrected chi connectivity index (χ0v) is 14.8. The molecule has 1 aromatic rings. The van der Waals surface area contributed by atoms with E-state index in [1.54, 1.807) is 19.1 Å². The smallest absolute Gasteiger partial charge is 0.387 e. The van der Waals surface area contributed by atoms with Gasteiger partial charge in [-0.15, -0.1) is 0 Å². The van der Waals surface area contributed by atoms with E-state index >= 15 is 0 Å². The largest absolute Gasteiger partial charge is 0.490 e. The van der Waals surface area contributed by atoms with Crippen LogP contribution in [-0.2, 0) is 11.3 Å². The molecule has 1 aromatic carbocycles. The van der Waals surface area contributed by atoms with E-state index in [1.165, 1.54) is 18.9 Å². The predicted octanol–water partition coefficient (Wildman–Crippen LogP) is 3.18. The summed E-state index contributed by atoms with van der Waals surface area (Å²) in [5.41, 5.74) is 0.862. The molecule has 0 aromatic heterocycles. The van der Waals surface area contributed by atoms with Gasteiger partial charge in [0.2, 0.25) is 5.91 Å². The van der Waals surface area contributed by atoms with Crippen molar-refractivity contribution in [3.8, 4) is 11.5 Å². The third kappa shape index (κ3) is 6.49. The Labute approximate surface area is 147 Å². The molecule has 0 aliphatic heterocycles. The maximum atomic E-state index is 12.4. The number of hydrogen-bond acceptors (Lipinski definition) is 4. The zero-order chi connectivity index (χ0) is 18.2. The maximum Gasteiger partial charge on any atom is 0.387 e. The summed E-state index contributed by atoms with van der Waals surface area (Å²) in [6.45, 7) is 0.0242. The Morgan fingerprint density at radius 3 is 2.68 bits per heavy atom. The third-order valence-corrected chi connectivity index (χ3v) is 4.11. The summed E-state index contributed by atoms with van der Waals surface area (Å²) in [4.78, 5) is 13.9. The summed E-state index contributed by atoms with van der Waals surface area (Å²) in [7, 11) is 1.85. The summed E-state index contributed by atoms with van der Waals surface area (Å²) < 4.78 is 34.7. The molecule has 0 saturated heterocycles. The lowest BCUT2D eigenvalue weighted by Gasteiger charge is -2.19. The van der Waals surface area contributed by atoms with Gasteiger partial charge in [-0.05, 0) is 44.5 Å². The van der Waals surface area contributed by atoms with Crippen LogP contribution in [0.25, 0.3) is 0 Å². The molecule has 0 radical (unpaired) electrons. The molecule has 1 amide bonds. The van der Waals surface area contributed by atoms with E-state index in [2.05, 4.69) is 10.1 Å². The molecule has 0 unspecified atom stereocenters. The first kappa shape index (κ1) is 19.4. The van der Waals surface area contributed by atoms with Gasteiger partial charge >= 0.3 is 6.61 Å². The Morgan fingerprint density at radius 2 is 2.04 bits per heavy atom. The van der Waals surface area contributed by atoms with Gasteiger partial charge in [0.1, 0.15) is 0 Å². The molecule has 25 heavy (non-hydrogen) atoms. The van der Waals surface area contributed by atoms with E-state index < -0.39 is 6.61 Å². The van der Waals surface area contributed by atoms with Gasteiger partial charge in [0.05, 0.1) is 13.2 Å². The van der Waals surface area contributed by atoms with Gasteiger partial charge in [-0.25, -0.2) is 0 Å². The van der Waals surface area contributed by atoms with Crippen molar-refractivity contribution in [2.75, 3.05) is 20.2 Å². The molecule has 1 aliphatic carbocycles. The van der Waals surface area contributed by atoms with Crippen molar-refractivity contribution in [1.29, 1.82) is 0 Å². The van der Waals surface area contributed by atoms with Crippen LogP contribution in [-0.4, -0.2) is 43.7 Å². The summed E-state index contributed by atoms with van der Waals surface area (Å²) in [5, 5.41) is 3.05. The molecule has 1 fully saturated rings. The highest BCUT2D eigenvalue weighted by atomic mass is 19.3. The summed E-state index contributed by atoms with van der Waals surface area (Å²) in [6.07, 6.45) is 4.46. The van der Waals surface area contributed by atoms with Crippen LogP contribution in [0.1, 0.15) is 38.2 Å². The van der Waals surface area contributed by atoms with Crippen molar-refractivity contribution in [3.05, 3.63) is 23.8 Å². The number of carbonyl (C=O) groups excluding carboxylic acids is 1. The second-order valence-corrected chi connectivity index (χ2v) is 6.31. The molecule has 0 spiro atoms. The fraction of sp³-hybridized carbons (Fsp3) is 0.611. The van der Waals surface area contributed by atoms with E-state index in [0.29, 0.717) is 19.2 Å². The predicted molar refractivity (Wildman–Crippen MR) is 91.0 cm³/mol. The SMILES string of the molecule is CCOc1cc(CN(C)CC(=O)NC2CCCC2)ccc1OC(F)F. The first-order chi connectivity index (χ1) is 12.0. The number of nitrogens with one attached hydrogen (secondary N) is 1. The van der Waals surface area contributed by atoms with Gasteiger partial charge in [-0.3, -0.25) is 9.69 Å². The number of amides is 1. The highest BCUT2D eigenvalue weighted by Gasteiger charge is 2.18. The van der Waals surface area contributed by atoms with Crippen molar-refractivity contribution < 1.29 is 23.0 Å². The van der Waals surface area contributed by atoms with Crippen LogP contribution in [0, 0.1) is 0 Å². The average Bonchev–Trinajstić information content (AvgIpc) is 3.02. The monoisotopic (exact) mass is 356 g/mol. The molecule has 7 heteroatoms. The van der Waals surface area contributed by atoms with Crippen molar-refractivity contribution in [3.63, 3.8) is 0 Å². The molecular weight excluding hydrogens is 330 g/mol. The van der Waals surface area contributed by atoms with Crippen molar-refractivity contribution in [2.24, 2.45) is 0 Å². The van der Waals surface area contributed by atoms with Crippen LogP contribution < -0.4 is 14.8 Å². The lowest BCUT2D eigenvalue weighted by atomic mass is 10.2. The molecule has 1 N–H and O–H groups in total. The Kier molecular flexibility index (Phi) is 7.43. The van der Waals surface area contributed by atoms with Crippen LogP contribution >= 0.6 is 0 Å². The molecule has 0 heterocycles. The minimum Gasteiger partial charge on any atom is -0.490 e. The molecular formula is C18H26F2N2O3. The second kappa shape index (κ2) is 9.56. The van der Waals surface area contributed by atoms with Gasteiger partial charge in [0, 0.05) is 12.6 Å². The fourth-order valence-electron chi connectivity index (χ4n) is 3.07. The van der Waals surface area contributed by atoms with E-state index in [-0.39, 0.29) is 24.0 Å². The van der Waals surface area contributed by atoms with E-state index in [9.17, 15) is 13.6 Å². The highest BCUT2D eigenvalue weighted by molar-refractivity contribution is 5.78. The molecule has 1 aliphatic rings. The van der Waals surface area contributed by atoms with Gasteiger partial charge in [-0.2, -0.15) is 8.78 Å². The van der Waals surface area contributed by atoms with Crippen LogP contribution in [0.4, 0.5) is 8.78 Å². The van der Waals surface area contributed by atoms with Gasteiger partial charge in [0.25, 0.3) is 0 Å². The number of halogens is 2. The molecule has 5 nitrogen and oxygen atoms in total. The number of benzene rings is 1. The Bertz CT molecular complexity index is 563. The first-order valence-corrected chi connectivity index (χ1v) is 8.66. The third-order valence-electron chi connectivity index (χ3n) is 4.11. The summed E-state index contributed by atoms with van der Waals surface area (Å²) in [5.74, 6) is 0.309. The maximum absolute atomic E-state index is 12.4. The number of carbonyl (C=O) groups is 1.